The lowest BCUT2D eigenvalue weighted by Crippen LogP contribution is -2.10. The normalized spacial score (nSPS) is 15.5. The van der Waals surface area contributed by atoms with E-state index in [0.717, 1.165) is 12.2 Å². The average molecular weight is 265 g/mol. The van der Waals surface area contributed by atoms with Crippen LogP contribution in [0.5, 0.6) is 17.2 Å². The predicted molar refractivity (Wildman–Crippen MR) is 74.9 cm³/mol. The maximum absolute atomic E-state index is 5.94. The van der Waals surface area contributed by atoms with E-state index in [1.807, 2.05) is 12.1 Å². The van der Waals surface area contributed by atoms with Gasteiger partial charge in [0, 0.05) is 6.54 Å². The summed E-state index contributed by atoms with van der Waals surface area (Å²) in [5.74, 6) is 2.73. The van der Waals surface area contributed by atoms with Crippen LogP contribution < -0.4 is 19.9 Å². The third-order valence-electron chi connectivity index (χ3n) is 3.69. The van der Waals surface area contributed by atoms with Crippen molar-refractivity contribution >= 4 is 0 Å². The molecule has 0 atom stereocenters. The van der Waals surface area contributed by atoms with Crippen molar-refractivity contribution in [2.75, 3.05) is 20.8 Å². The summed E-state index contributed by atoms with van der Waals surface area (Å²) < 4.78 is 16.7. The molecule has 0 aromatic heterocycles. The Bertz CT molecular complexity index is 389. The van der Waals surface area contributed by atoms with Gasteiger partial charge in [0.15, 0.2) is 11.5 Å². The zero-order chi connectivity index (χ0) is 13.7. The summed E-state index contributed by atoms with van der Waals surface area (Å²) >= 11 is 0. The molecule has 2 N–H and O–H groups in total. The van der Waals surface area contributed by atoms with Crippen LogP contribution >= 0.6 is 0 Å². The second-order valence-corrected chi connectivity index (χ2v) is 5.00. The Hall–Kier alpha value is -1.42. The van der Waals surface area contributed by atoms with Crippen LogP contribution in [-0.2, 0) is 6.54 Å². The van der Waals surface area contributed by atoms with E-state index < -0.39 is 0 Å². The Labute approximate surface area is 114 Å². The molecular formula is C15H23NO3. The Morgan fingerprint density at radius 1 is 1.11 bits per heavy atom. The summed E-state index contributed by atoms with van der Waals surface area (Å²) in [4.78, 5) is 0. The molecule has 1 aromatic rings. The SMILES string of the molecule is COc1cc(CN)cc(OC)c1OCC1CCCC1. The first kappa shape index (κ1) is 14.0. The molecule has 2 rings (SSSR count). The highest BCUT2D eigenvalue weighted by atomic mass is 16.5. The van der Waals surface area contributed by atoms with Crippen molar-refractivity contribution < 1.29 is 14.2 Å². The van der Waals surface area contributed by atoms with Crippen LogP contribution in [0, 0.1) is 5.92 Å². The minimum atomic E-state index is 0.454. The van der Waals surface area contributed by atoms with Crippen molar-refractivity contribution in [1.82, 2.24) is 0 Å². The lowest BCUT2D eigenvalue weighted by molar-refractivity contribution is 0.229. The van der Waals surface area contributed by atoms with Gasteiger partial charge in [0.1, 0.15) is 0 Å². The molecule has 4 nitrogen and oxygen atoms in total. The highest BCUT2D eigenvalue weighted by Gasteiger charge is 2.19. The third-order valence-corrected chi connectivity index (χ3v) is 3.69. The molecule has 0 bridgehead atoms. The molecule has 1 saturated carbocycles. The van der Waals surface area contributed by atoms with Gasteiger partial charge >= 0.3 is 0 Å². The molecule has 0 radical (unpaired) electrons. The molecule has 0 heterocycles. The smallest absolute Gasteiger partial charge is 0.203 e. The molecular weight excluding hydrogens is 242 g/mol. The number of hydrogen-bond acceptors (Lipinski definition) is 4. The molecule has 1 aromatic carbocycles. The minimum absolute atomic E-state index is 0.454. The van der Waals surface area contributed by atoms with Crippen LogP contribution in [-0.4, -0.2) is 20.8 Å². The first-order valence-electron chi connectivity index (χ1n) is 6.86. The van der Waals surface area contributed by atoms with Gasteiger partial charge in [0.05, 0.1) is 20.8 Å². The van der Waals surface area contributed by atoms with Crippen molar-refractivity contribution in [2.45, 2.75) is 32.2 Å². The number of benzene rings is 1. The first-order valence-corrected chi connectivity index (χ1v) is 6.86. The summed E-state index contributed by atoms with van der Waals surface area (Å²) in [6.07, 6.45) is 5.14. The van der Waals surface area contributed by atoms with Crippen molar-refractivity contribution in [3.8, 4) is 17.2 Å². The maximum atomic E-state index is 5.94. The number of ether oxygens (including phenoxy) is 3. The third kappa shape index (κ3) is 3.32. The molecule has 0 spiro atoms. The van der Waals surface area contributed by atoms with E-state index >= 15 is 0 Å². The fraction of sp³-hybridized carbons (Fsp3) is 0.600. The first-order chi connectivity index (χ1) is 9.28. The van der Waals surface area contributed by atoms with E-state index in [4.69, 9.17) is 19.9 Å². The molecule has 106 valence electrons. The van der Waals surface area contributed by atoms with Gasteiger partial charge < -0.3 is 19.9 Å². The van der Waals surface area contributed by atoms with Crippen molar-refractivity contribution in [3.05, 3.63) is 17.7 Å². The van der Waals surface area contributed by atoms with Crippen LogP contribution in [0.15, 0.2) is 12.1 Å². The summed E-state index contributed by atoms with van der Waals surface area (Å²) in [5.41, 5.74) is 6.64. The second kappa shape index (κ2) is 6.66. The number of rotatable bonds is 6. The molecule has 19 heavy (non-hydrogen) atoms. The monoisotopic (exact) mass is 265 g/mol. The number of nitrogens with two attached hydrogens (primary N) is 1. The lowest BCUT2D eigenvalue weighted by Gasteiger charge is -2.17. The van der Waals surface area contributed by atoms with Gasteiger partial charge in [-0.05, 0) is 36.5 Å². The van der Waals surface area contributed by atoms with E-state index in [1.54, 1.807) is 14.2 Å². The molecule has 1 aliphatic carbocycles. The second-order valence-electron chi connectivity index (χ2n) is 5.00. The quantitative estimate of drug-likeness (QED) is 0.859. The van der Waals surface area contributed by atoms with E-state index in [1.165, 1.54) is 25.7 Å². The molecule has 1 aliphatic rings. The number of methoxy groups -OCH3 is 2. The van der Waals surface area contributed by atoms with Crippen LogP contribution in [0.2, 0.25) is 0 Å². The highest BCUT2D eigenvalue weighted by molar-refractivity contribution is 5.53. The molecule has 0 amide bonds. The number of hydrogen-bond donors (Lipinski definition) is 1. The fourth-order valence-electron chi connectivity index (χ4n) is 2.57. The van der Waals surface area contributed by atoms with Gasteiger partial charge in [0.25, 0.3) is 0 Å². The predicted octanol–water partition coefficient (Wildman–Crippen LogP) is 2.73. The van der Waals surface area contributed by atoms with Gasteiger partial charge in [-0.25, -0.2) is 0 Å². The van der Waals surface area contributed by atoms with E-state index in [-0.39, 0.29) is 0 Å². The standard InChI is InChI=1S/C15H23NO3/c1-17-13-7-12(9-16)8-14(18-2)15(13)19-10-11-5-3-4-6-11/h7-8,11H,3-6,9-10,16H2,1-2H3. The minimum Gasteiger partial charge on any atom is -0.493 e. The zero-order valence-corrected chi connectivity index (χ0v) is 11.8. The molecule has 4 heteroatoms. The Morgan fingerprint density at radius 3 is 2.16 bits per heavy atom. The van der Waals surface area contributed by atoms with Gasteiger partial charge in [-0.15, -0.1) is 0 Å². The summed E-state index contributed by atoms with van der Waals surface area (Å²) in [5, 5.41) is 0. The summed E-state index contributed by atoms with van der Waals surface area (Å²) in [7, 11) is 3.27. The van der Waals surface area contributed by atoms with E-state index in [2.05, 4.69) is 0 Å². The Balaban J connectivity index is 2.16. The van der Waals surface area contributed by atoms with Gasteiger partial charge in [-0.3, -0.25) is 0 Å². The topological polar surface area (TPSA) is 53.7 Å². The lowest BCUT2D eigenvalue weighted by atomic mass is 10.1. The van der Waals surface area contributed by atoms with E-state index in [0.29, 0.717) is 29.7 Å². The fourth-order valence-corrected chi connectivity index (χ4v) is 2.57. The van der Waals surface area contributed by atoms with Crippen LogP contribution in [0.4, 0.5) is 0 Å². The molecule has 0 saturated heterocycles. The summed E-state index contributed by atoms with van der Waals surface area (Å²) in [6, 6.07) is 3.82. The van der Waals surface area contributed by atoms with Gasteiger partial charge in [-0.2, -0.15) is 0 Å². The largest absolute Gasteiger partial charge is 0.493 e. The zero-order valence-electron chi connectivity index (χ0n) is 11.8. The van der Waals surface area contributed by atoms with E-state index in [9.17, 15) is 0 Å². The highest BCUT2D eigenvalue weighted by Crippen LogP contribution is 2.39. The molecule has 1 fully saturated rings. The van der Waals surface area contributed by atoms with Gasteiger partial charge in [0.2, 0.25) is 5.75 Å². The van der Waals surface area contributed by atoms with Gasteiger partial charge in [-0.1, -0.05) is 12.8 Å². The van der Waals surface area contributed by atoms with Crippen molar-refractivity contribution in [2.24, 2.45) is 11.7 Å². The van der Waals surface area contributed by atoms with Crippen molar-refractivity contribution in [1.29, 1.82) is 0 Å². The van der Waals surface area contributed by atoms with Crippen LogP contribution in [0.3, 0.4) is 0 Å². The van der Waals surface area contributed by atoms with Crippen LogP contribution in [0.25, 0.3) is 0 Å². The Kier molecular flexibility index (Phi) is 4.91. The molecule has 0 unspecified atom stereocenters. The maximum Gasteiger partial charge on any atom is 0.203 e. The average Bonchev–Trinajstić information content (AvgIpc) is 2.97. The van der Waals surface area contributed by atoms with Crippen LogP contribution in [0.1, 0.15) is 31.2 Å². The van der Waals surface area contributed by atoms with Crippen molar-refractivity contribution in [3.63, 3.8) is 0 Å². The summed E-state index contributed by atoms with van der Waals surface area (Å²) in [6.45, 7) is 1.18. The molecule has 0 aliphatic heterocycles. The Morgan fingerprint density at radius 2 is 1.68 bits per heavy atom.